The molecule has 5 fully saturated rings. The fourth-order valence-electron chi connectivity index (χ4n) is 17.4. The molecule has 24 nitrogen and oxygen atoms in total. The van der Waals surface area contributed by atoms with E-state index >= 15 is 4.39 Å². The van der Waals surface area contributed by atoms with E-state index in [9.17, 15) is 64.2 Å². The number of methoxy groups -OCH3 is 3. The Morgan fingerprint density at radius 1 is 0.495 bits per heavy atom. The lowest BCUT2D eigenvalue weighted by molar-refractivity contribution is -0.298. The minimum absolute atomic E-state index is 0.0144. The number of aliphatic hydroxyl groups is 6. The standard InChI is InChI=1S/C31H59NO9.C25H40O7.C24H44FNO6.3C2H6/c1-13-23-31(10,37)26(33)21(6)32(11)16-17(2)14-29(8,36)20(5)18(3)25(19(4)28(35)40-23)41-24-15-30(9,38-12)27(34)22(7)39-24;1-10-19-25(8)18(11-20(26)32-25)15(4)21(27)13(2)12-24(7,30-9)17(6)14(3)22(28)16(5)23(29)31-19;1-11-18-24(8,30)20(28)17(5)26(9)13-14(2)12-22(6,31-10)16(4)15(3)19(27)23(7,25)21(29)32-18;3*1-2/h17-27,33-34,36-37H,13-16H2,1-12H3;13-19H,10-12H2,1-9H3;14-18,20,28,30H,11-13H2,1-10H3;3*1-2H3/t17-,18-,19-,20-,21-,22+,23-,24+,25+,26-,27+,29-,30-,31-;13-,14-,15-,16-,17-,18-,19-,24-,25+;14-,15-,16-,17-,18-,20-,22-,23+,24-;;;/m111.../s1. The predicted octanol–water partition coefficient (Wildman–Crippen LogP) is 12.3. The van der Waals surface area contributed by atoms with Gasteiger partial charge in [-0.15, -0.1) is 0 Å². The van der Waals surface area contributed by atoms with Crippen LogP contribution in [-0.4, -0.2) is 242 Å². The number of alkyl halides is 1. The highest BCUT2D eigenvalue weighted by Gasteiger charge is 2.58. The van der Waals surface area contributed by atoms with Crippen molar-refractivity contribution in [2.45, 2.75) is 385 Å². The molecule has 0 bridgehead atoms. The normalized spacial score (nSPS) is 44.8. The second-order valence-electron chi connectivity index (χ2n) is 34.6. The molecule has 5 aliphatic heterocycles. The number of halogens is 1. The number of nitrogens with zero attached hydrogens (tertiary/aromatic N) is 2. The second kappa shape index (κ2) is 44.7. The van der Waals surface area contributed by atoms with Gasteiger partial charge in [0.15, 0.2) is 12.1 Å². The molecule has 0 aromatic heterocycles. The van der Waals surface area contributed by atoms with Gasteiger partial charge in [-0.2, -0.15) is 0 Å². The van der Waals surface area contributed by atoms with Gasteiger partial charge in [-0.05, 0) is 178 Å². The number of carbonyl (C=O) groups is 7. The van der Waals surface area contributed by atoms with Gasteiger partial charge in [0.1, 0.15) is 70.9 Å². The first kappa shape index (κ1) is 107. The summed E-state index contributed by atoms with van der Waals surface area (Å²) in [6.45, 7) is 58.9. The molecule has 25 heteroatoms. The van der Waals surface area contributed by atoms with Crippen molar-refractivity contribution in [3.63, 3.8) is 0 Å². The molecule has 0 aromatic carbocycles. The zero-order valence-corrected chi connectivity index (χ0v) is 75.9. The molecule has 5 aliphatic rings. The Morgan fingerprint density at radius 2 is 0.910 bits per heavy atom. The van der Waals surface area contributed by atoms with E-state index in [0.717, 1.165) is 6.92 Å². The number of ether oxygens (including phenoxy) is 9. The van der Waals surface area contributed by atoms with Crippen LogP contribution in [0.25, 0.3) is 0 Å². The van der Waals surface area contributed by atoms with Crippen molar-refractivity contribution >= 4 is 41.2 Å². The number of likely N-dealkylation sites (N-methyl/N-ethyl adjacent to an activating group) is 2. The summed E-state index contributed by atoms with van der Waals surface area (Å²) < 4.78 is 68.2. The Labute approximate surface area is 669 Å². The lowest BCUT2D eigenvalue weighted by atomic mass is 9.69. The van der Waals surface area contributed by atoms with Gasteiger partial charge >= 0.3 is 23.9 Å². The number of carbonyl (C=O) groups excluding carboxylic acids is 7. The third-order valence-electron chi connectivity index (χ3n) is 26.5. The number of ketones is 3. The monoisotopic (exact) mass is 1590 g/mol. The number of cyclic esters (lactones) is 3. The minimum atomic E-state index is -2.90. The molecule has 5 saturated heterocycles. The van der Waals surface area contributed by atoms with Gasteiger partial charge in [0.05, 0.1) is 47.0 Å². The van der Waals surface area contributed by atoms with Crippen molar-refractivity contribution in [1.82, 2.24) is 9.80 Å². The van der Waals surface area contributed by atoms with Crippen LogP contribution in [0.5, 0.6) is 0 Å². The van der Waals surface area contributed by atoms with Crippen molar-refractivity contribution < 1.29 is 111 Å². The lowest BCUT2D eigenvalue weighted by Gasteiger charge is -2.47. The van der Waals surface area contributed by atoms with Gasteiger partial charge < -0.3 is 83.1 Å². The third kappa shape index (κ3) is 25.7. The molecule has 0 radical (unpaired) electrons. The summed E-state index contributed by atoms with van der Waals surface area (Å²) in [6.07, 6.45) is -5.64. The maximum atomic E-state index is 15.5. The molecule has 111 heavy (non-hydrogen) atoms. The summed E-state index contributed by atoms with van der Waals surface area (Å²) in [6, 6.07) is -0.912. The van der Waals surface area contributed by atoms with Crippen molar-refractivity contribution in [1.29, 1.82) is 0 Å². The zero-order chi connectivity index (χ0) is 87.5. The molecule has 0 unspecified atom stereocenters. The zero-order valence-electron chi connectivity index (χ0n) is 75.9. The number of esters is 4. The summed E-state index contributed by atoms with van der Waals surface area (Å²) in [5.74, 6) is -9.39. The van der Waals surface area contributed by atoms with Crippen LogP contribution in [0.3, 0.4) is 0 Å². The van der Waals surface area contributed by atoms with Crippen molar-refractivity contribution in [2.75, 3.05) is 48.5 Å². The molecule has 0 saturated carbocycles. The van der Waals surface area contributed by atoms with Crippen molar-refractivity contribution in [3.05, 3.63) is 0 Å². The van der Waals surface area contributed by atoms with E-state index in [1.54, 1.807) is 83.5 Å². The van der Waals surface area contributed by atoms with Crippen LogP contribution in [0.15, 0.2) is 0 Å². The number of fused-ring (bicyclic) bond motifs is 1. The quantitative estimate of drug-likeness (QED) is 0.0747. The Balaban J connectivity index is 0.00000160. The summed E-state index contributed by atoms with van der Waals surface area (Å²) >= 11 is 0. The highest BCUT2D eigenvalue weighted by Crippen LogP contribution is 2.47. The predicted molar refractivity (Wildman–Crippen MR) is 430 cm³/mol. The van der Waals surface area contributed by atoms with E-state index in [1.165, 1.54) is 21.0 Å². The van der Waals surface area contributed by atoms with Crippen LogP contribution >= 0.6 is 0 Å². The van der Waals surface area contributed by atoms with Crippen LogP contribution in [0.1, 0.15) is 273 Å². The number of Topliss-reactive ketones (excluding diaryl/α,β-unsaturated/α-hetero) is 3. The first-order valence-electron chi connectivity index (χ1n) is 41.7. The first-order chi connectivity index (χ1) is 50.9. The summed E-state index contributed by atoms with van der Waals surface area (Å²) in [5.41, 5.74) is -11.1. The van der Waals surface area contributed by atoms with E-state index in [1.807, 2.05) is 149 Å². The van der Waals surface area contributed by atoms with Gasteiger partial charge in [0, 0.05) is 82.5 Å². The molecular weight excluding hydrogens is 1430 g/mol. The van der Waals surface area contributed by atoms with Crippen LogP contribution < -0.4 is 0 Å². The Bertz CT molecular complexity index is 2880. The molecule has 6 N–H and O–H groups in total. The summed E-state index contributed by atoms with van der Waals surface area (Å²) in [7, 11) is 8.42. The van der Waals surface area contributed by atoms with Gasteiger partial charge in [0.2, 0.25) is 0 Å². The maximum Gasteiger partial charge on any atom is 0.351 e. The summed E-state index contributed by atoms with van der Waals surface area (Å²) in [5, 5.41) is 67.2. The largest absolute Gasteiger partial charge is 0.459 e. The Kier molecular flexibility index (Phi) is 43.3. The fourth-order valence-corrected chi connectivity index (χ4v) is 17.4. The van der Waals surface area contributed by atoms with Gasteiger partial charge in [0.25, 0.3) is 5.67 Å². The van der Waals surface area contributed by atoms with E-state index < -0.39 is 177 Å². The Hall–Kier alpha value is -3.70. The topological polar surface area (TPSA) is 330 Å². The average molecular weight is 1590 g/mol. The number of aliphatic hydroxyl groups excluding tert-OH is 3. The molecule has 5 rings (SSSR count). The Morgan fingerprint density at radius 3 is 1.35 bits per heavy atom. The molecular formula is C86H161FN2O22. The van der Waals surface area contributed by atoms with Gasteiger partial charge in [-0.1, -0.05) is 132 Å². The molecule has 0 spiro atoms. The third-order valence-corrected chi connectivity index (χ3v) is 26.5. The average Bonchev–Trinajstić information content (AvgIpc) is 1.66. The smallest absolute Gasteiger partial charge is 0.351 e. The van der Waals surface area contributed by atoms with Crippen LogP contribution in [0.4, 0.5) is 4.39 Å². The van der Waals surface area contributed by atoms with E-state index in [0.29, 0.717) is 45.2 Å². The highest BCUT2D eigenvalue weighted by molar-refractivity contribution is 6.07. The van der Waals surface area contributed by atoms with E-state index in [2.05, 4.69) is 6.92 Å². The van der Waals surface area contributed by atoms with E-state index in [-0.39, 0.29) is 72.3 Å². The van der Waals surface area contributed by atoms with Gasteiger partial charge in [-0.3, -0.25) is 28.8 Å². The molecule has 0 aliphatic carbocycles. The number of hydrogen-bond acceptors (Lipinski definition) is 24. The van der Waals surface area contributed by atoms with E-state index in [4.69, 9.17) is 42.6 Å². The molecule has 32 atom stereocenters. The van der Waals surface area contributed by atoms with Crippen LogP contribution in [0.2, 0.25) is 0 Å². The lowest BCUT2D eigenvalue weighted by Crippen LogP contribution is -2.59. The van der Waals surface area contributed by atoms with Crippen molar-refractivity contribution in [2.24, 2.45) is 76.9 Å². The fraction of sp³-hybridized carbons (Fsp3) is 0.919. The first-order valence-corrected chi connectivity index (χ1v) is 41.7. The van der Waals surface area contributed by atoms with Gasteiger partial charge in [-0.25, -0.2) is 9.18 Å². The maximum absolute atomic E-state index is 15.5. The molecule has 5 heterocycles. The molecule has 0 aromatic rings. The van der Waals surface area contributed by atoms with Crippen LogP contribution in [-0.2, 0) is 76.2 Å². The number of rotatable bonds is 8. The molecule has 654 valence electrons. The van der Waals surface area contributed by atoms with Crippen LogP contribution in [0, 0.1) is 76.9 Å². The summed E-state index contributed by atoms with van der Waals surface area (Å²) in [4.78, 5) is 95.4. The second-order valence-corrected chi connectivity index (χ2v) is 34.6. The van der Waals surface area contributed by atoms with Crippen molar-refractivity contribution in [3.8, 4) is 0 Å². The number of hydrogen-bond donors (Lipinski definition) is 6. The molecule has 0 amide bonds. The highest BCUT2D eigenvalue weighted by atomic mass is 19.1. The minimum Gasteiger partial charge on any atom is -0.459 e. The SMILES string of the molecule is CC.CC.CC.CC[C@H]1OC(=O)[C@@](C)(F)C(=O)[C@H](C)[C@@H](C)[C@](C)(OC)C[C@@H](C)CN(C)[C@H](C)[C@@H](O)[C@]1(C)O.CC[C@H]1OC(=O)[C@H](C)C(=O)[C@H](C)[C@@H](C)[C@](C)(OC)C[C@@H](C)C(=O)[C@H](C)[C@H]2CC(=O)O[C@@]21C.CC[C@H]1OC(=O)[C@H](C)[C@@H](O[C@H]2C[C@@](C)(OC)[C@@H](O)[C@H](C)O2)[C@H](C)[C@@H](C)[C@](C)(O)C[C@@H](C)CN(C)[C@H](C)[C@@H](O)[C@]1(C)O.